The number of rotatable bonds is 4. The SMILES string of the molecule is Cc1nc(NC(=O)c2cccc(Br)c2)sc1Cc1cccc(Cl)c1. The minimum absolute atomic E-state index is 0.167. The van der Waals surface area contributed by atoms with Crippen molar-refractivity contribution >= 4 is 49.9 Å². The molecule has 1 aromatic heterocycles. The van der Waals surface area contributed by atoms with Crippen LogP contribution in [0, 0.1) is 6.92 Å². The van der Waals surface area contributed by atoms with Crippen LogP contribution in [-0.4, -0.2) is 10.9 Å². The molecule has 3 aromatic rings. The summed E-state index contributed by atoms with van der Waals surface area (Å²) in [7, 11) is 0. The summed E-state index contributed by atoms with van der Waals surface area (Å²) in [5.74, 6) is -0.167. The van der Waals surface area contributed by atoms with E-state index in [1.165, 1.54) is 11.3 Å². The molecule has 3 rings (SSSR count). The summed E-state index contributed by atoms with van der Waals surface area (Å²) in [6.45, 7) is 1.95. The van der Waals surface area contributed by atoms with Gasteiger partial charge in [-0.3, -0.25) is 10.1 Å². The number of halogens is 2. The van der Waals surface area contributed by atoms with Crippen molar-refractivity contribution in [1.29, 1.82) is 0 Å². The average molecular weight is 422 g/mol. The summed E-state index contributed by atoms with van der Waals surface area (Å²) >= 11 is 10.9. The van der Waals surface area contributed by atoms with Crippen LogP contribution >= 0.6 is 38.9 Å². The fourth-order valence-electron chi connectivity index (χ4n) is 2.28. The van der Waals surface area contributed by atoms with Crippen LogP contribution in [0.3, 0.4) is 0 Å². The van der Waals surface area contributed by atoms with E-state index in [0.29, 0.717) is 10.7 Å². The van der Waals surface area contributed by atoms with Crippen molar-refractivity contribution in [2.24, 2.45) is 0 Å². The van der Waals surface area contributed by atoms with Crippen LogP contribution in [0.4, 0.5) is 5.13 Å². The van der Waals surface area contributed by atoms with Gasteiger partial charge in [-0.1, -0.05) is 45.7 Å². The van der Waals surface area contributed by atoms with E-state index >= 15 is 0 Å². The molecule has 24 heavy (non-hydrogen) atoms. The monoisotopic (exact) mass is 420 g/mol. The molecule has 0 saturated heterocycles. The Hall–Kier alpha value is -1.69. The zero-order valence-electron chi connectivity index (χ0n) is 12.8. The summed E-state index contributed by atoms with van der Waals surface area (Å²) in [6.07, 6.45) is 0.747. The normalized spacial score (nSPS) is 10.6. The van der Waals surface area contributed by atoms with Gasteiger partial charge in [-0.2, -0.15) is 0 Å². The highest BCUT2D eigenvalue weighted by Crippen LogP contribution is 2.26. The van der Waals surface area contributed by atoms with E-state index in [4.69, 9.17) is 11.6 Å². The standard InChI is InChI=1S/C18H14BrClN2OS/c1-11-16(9-12-4-2-7-15(20)8-12)24-18(21-11)22-17(23)13-5-3-6-14(19)10-13/h2-8,10H,9H2,1H3,(H,21,22,23). The first kappa shape index (κ1) is 17.1. The summed E-state index contributed by atoms with van der Waals surface area (Å²) in [6, 6.07) is 15.0. The Balaban J connectivity index is 1.75. The van der Waals surface area contributed by atoms with Crippen LogP contribution in [-0.2, 0) is 6.42 Å². The van der Waals surface area contributed by atoms with E-state index < -0.39 is 0 Å². The molecule has 3 nitrogen and oxygen atoms in total. The molecule has 1 amide bonds. The Morgan fingerprint density at radius 1 is 1.25 bits per heavy atom. The molecule has 0 bridgehead atoms. The van der Waals surface area contributed by atoms with Crippen LogP contribution in [0.15, 0.2) is 53.0 Å². The third kappa shape index (κ3) is 4.23. The van der Waals surface area contributed by atoms with Crippen molar-refractivity contribution < 1.29 is 4.79 Å². The Labute approximate surface area is 157 Å². The first-order chi connectivity index (χ1) is 11.5. The number of aryl methyl sites for hydroxylation is 1. The van der Waals surface area contributed by atoms with Gasteiger partial charge in [-0.25, -0.2) is 4.98 Å². The number of amides is 1. The number of nitrogens with one attached hydrogen (secondary N) is 1. The summed E-state index contributed by atoms with van der Waals surface area (Å²) in [5, 5.41) is 4.19. The van der Waals surface area contributed by atoms with E-state index in [0.717, 1.165) is 32.1 Å². The third-order valence-electron chi connectivity index (χ3n) is 3.45. The molecule has 0 spiro atoms. The highest BCUT2D eigenvalue weighted by atomic mass is 79.9. The molecular weight excluding hydrogens is 408 g/mol. The molecule has 0 radical (unpaired) electrons. The maximum absolute atomic E-state index is 12.3. The van der Waals surface area contributed by atoms with Gasteiger partial charge in [0.15, 0.2) is 5.13 Å². The predicted octanol–water partition coefficient (Wildman–Crippen LogP) is 5.71. The molecule has 1 heterocycles. The Morgan fingerprint density at radius 2 is 2.04 bits per heavy atom. The third-order valence-corrected chi connectivity index (χ3v) is 5.25. The molecule has 0 aliphatic rings. The lowest BCUT2D eigenvalue weighted by Crippen LogP contribution is -2.11. The second-order valence-electron chi connectivity index (χ2n) is 5.30. The molecule has 6 heteroatoms. The molecule has 2 aromatic carbocycles. The summed E-state index contributed by atoms with van der Waals surface area (Å²) < 4.78 is 0.868. The molecule has 0 aliphatic carbocycles. The van der Waals surface area contributed by atoms with Crippen LogP contribution in [0.1, 0.15) is 26.5 Å². The number of carbonyl (C=O) groups is 1. The van der Waals surface area contributed by atoms with Crippen molar-refractivity contribution in [2.75, 3.05) is 5.32 Å². The van der Waals surface area contributed by atoms with Crippen LogP contribution in [0.2, 0.25) is 5.02 Å². The van der Waals surface area contributed by atoms with Crippen molar-refractivity contribution in [1.82, 2.24) is 4.98 Å². The molecular formula is C18H14BrClN2OS. The number of anilines is 1. The number of nitrogens with zero attached hydrogens (tertiary/aromatic N) is 1. The second-order valence-corrected chi connectivity index (χ2v) is 7.73. The van der Waals surface area contributed by atoms with Crippen molar-refractivity contribution in [3.63, 3.8) is 0 Å². The Morgan fingerprint density at radius 3 is 2.79 bits per heavy atom. The number of benzene rings is 2. The number of carbonyl (C=O) groups excluding carboxylic acids is 1. The molecule has 1 N–H and O–H groups in total. The number of thiazole rings is 1. The van der Waals surface area contributed by atoms with Crippen molar-refractivity contribution in [3.8, 4) is 0 Å². The highest BCUT2D eigenvalue weighted by molar-refractivity contribution is 9.10. The molecule has 0 aliphatic heterocycles. The maximum atomic E-state index is 12.3. The highest BCUT2D eigenvalue weighted by Gasteiger charge is 2.12. The molecule has 0 fully saturated rings. The van der Waals surface area contributed by atoms with Gasteiger partial charge in [-0.15, -0.1) is 11.3 Å². The van der Waals surface area contributed by atoms with Crippen molar-refractivity contribution in [3.05, 3.63) is 79.7 Å². The predicted molar refractivity (Wildman–Crippen MR) is 103 cm³/mol. The van der Waals surface area contributed by atoms with Gasteiger partial charge < -0.3 is 0 Å². The zero-order chi connectivity index (χ0) is 17.1. The number of aromatic nitrogens is 1. The molecule has 0 atom stereocenters. The fraction of sp³-hybridized carbons (Fsp3) is 0.111. The quantitative estimate of drug-likeness (QED) is 0.586. The van der Waals surface area contributed by atoms with Gasteiger partial charge >= 0.3 is 0 Å². The first-order valence-electron chi connectivity index (χ1n) is 7.29. The molecule has 122 valence electrons. The number of hydrogen-bond donors (Lipinski definition) is 1. The van der Waals surface area contributed by atoms with Crippen LogP contribution in [0.5, 0.6) is 0 Å². The smallest absolute Gasteiger partial charge is 0.257 e. The zero-order valence-corrected chi connectivity index (χ0v) is 16.0. The van der Waals surface area contributed by atoms with Crippen molar-refractivity contribution in [2.45, 2.75) is 13.3 Å². The van der Waals surface area contributed by atoms with E-state index in [9.17, 15) is 4.79 Å². The lowest BCUT2D eigenvalue weighted by Gasteiger charge is -2.02. The average Bonchev–Trinajstić information content (AvgIpc) is 2.87. The lowest BCUT2D eigenvalue weighted by molar-refractivity contribution is 0.102. The first-order valence-corrected chi connectivity index (χ1v) is 9.27. The van der Waals surface area contributed by atoms with E-state index in [1.807, 2.05) is 43.3 Å². The molecule has 0 unspecified atom stereocenters. The van der Waals surface area contributed by atoms with E-state index in [1.54, 1.807) is 12.1 Å². The summed E-state index contributed by atoms with van der Waals surface area (Å²) in [4.78, 5) is 17.9. The molecule has 0 saturated carbocycles. The maximum Gasteiger partial charge on any atom is 0.257 e. The number of hydrogen-bond acceptors (Lipinski definition) is 3. The Bertz CT molecular complexity index is 894. The van der Waals surface area contributed by atoms with Crippen LogP contribution in [0.25, 0.3) is 0 Å². The van der Waals surface area contributed by atoms with E-state index in [-0.39, 0.29) is 5.91 Å². The van der Waals surface area contributed by atoms with Gasteiger partial charge in [0.25, 0.3) is 5.91 Å². The summed E-state index contributed by atoms with van der Waals surface area (Å²) in [5.41, 5.74) is 2.64. The topological polar surface area (TPSA) is 42.0 Å². The minimum Gasteiger partial charge on any atom is -0.298 e. The van der Waals surface area contributed by atoms with Gasteiger partial charge in [0.2, 0.25) is 0 Å². The van der Waals surface area contributed by atoms with E-state index in [2.05, 4.69) is 26.2 Å². The minimum atomic E-state index is -0.167. The van der Waals surface area contributed by atoms with Crippen LogP contribution < -0.4 is 5.32 Å². The Kier molecular flexibility index (Phi) is 5.33. The fourth-order valence-corrected chi connectivity index (χ4v) is 3.88. The second kappa shape index (κ2) is 7.47. The van der Waals surface area contributed by atoms with Gasteiger partial charge in [0.1, 0.15) is 0 Å². The lowest BCUT2D eigenvalue weighted by atomic mass is 10.1. The largest absolute Gasteiger partial charge is 0.298 e. The van der Waals surface area contributed by atoms with Gasteiger partial charge in [0.05, 0.1) is 5.69 Å². The van der Waals surface area contributed by atoms with Gasteiger partial charge in [0, 0.05) is 26.4 Å². The van der Waals surface area contributed by atoms with Gasteiger partial charge in [-0.05, 0) is 42.8 Å².